The molecule has 0 saturated carbocycles. The van der Waals surface area contributed by atoms with E-state index in [0.29, 0.717) is 6.54 Å². The van der Waals surface area contributed by atoms with Gasteiger partial charge in [-0.2, -0.15) is 0 Å². The van der Waals surface area contributed by atoms with Gasteiger partial charge in [0.2, 0.25) is 0 Å². The summed E-state index contributed by atoms with van der Waals surface area (Å²) in [5, 5.41) is 3.32. The van der Waals surface area contributed by atoms with Crippen LogP contribution in [0.5, 0.6) is 0 Å². The number of anilines is 1. The smallest absolute Gasteiger partial charge is 0.126 e. The first-order chi connectivity index (χ1) is 12.3. The van der Waals surface area contributed by atoms with Crippen LogP contribution >= 0.6 is 0 Å². The molecule has 0 amide bonds. The number of hydrogen-bond acceptors (Lipinski definition) is 5. The Morgan fingerprint density at radius 3 is 2.84 bits per heavy atom. The van der Waals surface area contributed by atoms with E-state index in [-0.39, 0.29) is 0 Å². The van der Waals surface area contributed by atoms with Gasteiger partial charge in [-0.15, -0.1) is 0 Å². The maximum atomic E-state index is 4.79. The molecule has 0 saturated heterocycles. The molecule has 25 heavy (non-hydrogen) atoms. The van der Waals surface area contributed by atoms with E-state index in [4.69, 9.17) is 4.98 Å². The predicted octanol–water partition coefficient (Wildman–Crippen LogP) is 2.61. The summed E-state index contributed by atoms with van der Waals surface area (Å²) >= 11 is 0. The molecule has 0 unspecified atom stereocenters. The first-order valence-electron chi connectivity index (χ1n) is 8.61. The van der Waals surface area contributed by atoms with Crippen LogP contribution in [0.2, 0.25) is 0 Å². The molecule has 0 fully saturated rings. The Kier molecular flexibility index (Phi) is 4.43. The van der Waals surface area contributed by atoms with Gasteiger partial charge >= 0.3 is 0 Å². The largest absolute Gasteiger partial charge is 0.364 e. The van der Waals surface area contributed by atoms with Crippen LogP contribution in [0.4, 0.5) is 5.82 Å². The maximum absolute atomic E-state index is 4.79. The van der Waals surface area contributed by atoms with Crippen LogP contribution in [0, 0.1) is 6.92 Å². The minimum Gasteiger partial charge on any atom is -0.364 e. The van der Waals surface area contributed by atoms with Crippen molar-refractivity contribution >= 4 is 5.82 Å². The average Bonchev–Trinajstić information content (AvgIpc) is 3.03. The van der Waals surface area contributed by atoms with Gasteiger partial charge in [-0.05, 0) is 31.2 Å². The SMILES string of the molecule is Cc1cccc(CN2CCn3cc(CNc4ccccn4)nc3C2)n1. The number of nitrogens with one attached hydrogen (secondary N) is 1. The summed E-state index contributed by atoms with van der Waals surface area (Å²) in [7, 11) is 0. The average molecular weight is 334 g/mol. The van der Waals surface area contributed by atoms with Gasteiger partial charge in [0.1, 0.15) is 11.6 Å². The lowest BCUT2D eigenvalue weighted by molar-refractivity contribution is 0.206. The Labute approximate surface area is 147 Å². The summed E-state index contributed by atoms with van der Waals surface area (Å²) in [5.74, 6) is 2.00. The van der Waals surface area contributed by atoms with Crippen molar-refractivity contribution in [3.05, 3.63) is 71.7 Å². The third-order valence-electron chi connectivity index (χ3n) is 4.38. The molecule has 0 aromatic carbocycles. The fourth-order valence-corrected chi connectivity index (χ4v) is 3.15. The molecular weight excluding hydrogens is 312 g/mol. The second-order valence-electron chi connectivity index (χ2n) is 6.39. The summed E-state index contributed by atoms with van der Waals surface area (Å²) in [4.78, 5) is 16.1. The van der Waals surface area contributed by atoms with Crippen molar-refractivity contribution in [1.82, 2.24) is 24.4 Å². The van der Waals surface area contributed by atoms with Crippen LogP contribution in [-0.4, -0.2) is 31.0 Å². The van der Waals surface area contributed by atoms with Crippen molar-refractivity contribution < 1.29 is 0 Å². The topological polar surface area (TPSA) is 58.9 Å². The van der Waals surface area contributed by atoms with Crippen LogP contribution in [0.25, 0.3) is 0 Å². The normalized spacial score (nSPS) is 14.3. The Hall–Kier alpha value is -2.73. The van der Waals surface area contributed by atoms with Crippen molar-refractivity contribution in [1.29, 1.82) is 0 Å². The molecule has 0 spiro atoms. The summed E-state index contributed by atoms with van der Waals surface area (Å²) in [6.45, 7) is 6.45. The Morgan fingerprint density at radius 2 is 2.00 bits per heavy atom. The van der Waals surface area contributed by atoms with Crippen LogP contribution in [0.15, 0.2) is 48.8 Å². The lowest BCUT2D eigenvalue weighted by Gasteiger charge is -2.27. The number of hydrogen-bond donors (Lipinski definition) is 1. The Bertz CT molecular complexity index is 842. The molecule has 6 nitrogen and oxygen atoms in total. The van der Waals surface area contributed by atoms with Gasteiger partial charge in [-0.25, -0.2) is 9.97 Å². The van der Waals surface area contributed by atoms with Crippen LogP contribution in [0.1, 0.15) is 22.9 Å². The van der Waals surface area contributed by atoms with Gasteiger partial charge in [0, 0.05) is 37.7 Å². The summed E-state index contributed by atoms with van der Waals surface area (Å²) in [6.07, 6.45) is 3.94. The minimum absolute atomic E-state index is 0.691. The van der Waals surface area contributed by atoms with E-state index < -0.39 is 0 Å². The van der Waals surface area contributed by atoms with Gasteiger partial charge in [-0.3, -0.25) is 9.88 Å². The van der Waals surface area contributed by atoms with Crippen molar-refractivity contribution in [2.75, 3.05) is 11.9 Å². The number of aromatic nitrogens is 4. The van der Waals surface area contributed by atoms with Crippen LogP contribution in [-0.2, 0) is 26.2 Å². The third-order valence-corrected chi connectivity index (χ3v) is 4.38. The van der Waals surface area contributed by atoms with Crippen molar-refractivity contribution in [2.45, 2.75) is 33.1 Å². The molecule has 4 rings (SSSR count). The molecule has 3 aromatic heterocycles. The van der Waals surface area contributed by atoms with E-state index in [9.17, 15) is 0 Å². The lowest BCUT2D eigenvalue weighted by atomic mass is 10.2. The van der Waals surface area contributed by atoms with Gasteiger partial charge in [0.05, 0.1) is 24.5 Å². The van der Waals surface area contributed by atoms with E-state index in [0.717, 1.165) is 54.9 Å². The fraction of sp³-hybridized carbons (Fsp3) is 0.316. The molecular formula is C19H22N6. The predicted molar refractivity (Wildman–Crippen MR) is 96.9 cm³/mol. The zero-order chi connectivity index (χ0) is 17.1. The summed E-state index contributed by atoms with van der Waals surface area (Å²) < 4.78 is 2.26. The highest BCUT2D eigenvalue weighted by atomic mass is 15.2. The van der Waals surface area contributed by atoms with Gasteiger partial charge < -0.3 is 9.88 Å². The zero-order valence-electron chi connectivity index (χ0n) is 14.4. The quantitative estimate of drug-likeness (QED) is 0.777. The second-order valence-corrected chi connectivity index (χ2v) is 6.39. The molecule has 0 bridgehead atoms. The van der Waals surface area contributed by atoms with E-state index in [2.05, 4.69) is 43.1 Å². The monoisotopic (exact) mass is 334 g/mol. The Morgan fingerprint density at radius 1 is 1.04 bits per heavy atom. The number of pyridine rings is 2. The molecule has 1 N–H and O–H groups in total. The molecule has 6 heteroatoms. The number of rotatable bonds is 5. The molecule has 4 heterocycles. The zero-order valence-corrected chi connectivity index (χ0v) is 14.4. The molecule has 1 aliphatic rings. The second kappa shape index (κ2) is 7.03. The van der Waals surface area contributed by atoms with E-state index in [1.807, 2.05) is 31.2 Å². The van der Waals surface area contributed by atoms with Crippen molar-refractivity contribution in [3.8, 4) is 0 Å². The van der Waals surface area contributed by atoms with E-state index in [1.54, 1.807) is 6.20 Å². The van der Waals surface area contributed by atoms with E-state index in [1.165, 1.54) is 0 Å². The van der Waals surface area contributed by atoms with Gasteiger partial charge in [0.15, 0.2) is 0 Å². The number of fused-ring (bicyclic) bond motifs is 1. The summed E-state index contributed by atoms with van der Waals surface area (Å²) in [5.41, 5.74) is 3.24. The number of imidazole rings is 1. The third kappa shape index (κ3) is 3.85. The molecule has 0 atom stereocenters. The standard InChI is InChI=1S/C19H22N6/c1-15-5-4-6-16(22-15)12-24-9-10-25-13-17(23-19(25)14-24)11-21-18-7-2-3-8-20-18/h2-8,13H,9-12,14H2,1H3,(H,20,21). The van der Waals surface area contributed by atoms with E-state index >= 15 is 0 Å². The number of aryl methyl sites for hydroxylation is 1. The molecule has 128 valence electrons. The van der Waals surface area contributed by atoms with Crippen LogP contribution in [0.3, 0.4) is 0 Å². The minimum atomic E-state index is 0.691. The van der Waals surface area contributed by atoms with Gasteiger partial charge in [0.25, 0.3) is 0 Å². The van der Waals surface area contributed by atoms with Crippen molar-refractivity contribution in [3.63, 3.8) is 0 Å². The highest BCUT2D eigenvalue weighted by Crippen LogP contribution is 2.16. The number of nitrogens with zero attached hydrogens (tertiary/aromatic N) is 5. The molecule has 3 aromatic rings. The first-order valence-corrected chi connectivity index (χ1v) is 8.61. The first kappa shape index (κ1) is 15.8. The fourth-order valence-electron chi connectivity index (χ4n) is 3.15. The van der Waals surface area contributed by atoms with Gasteiger partial charge in [-0.1, -0.05) is 12.1 Å². The molecule has 0 aliphatic carbocycles. The lowest BCUT2D eigenvalue weighted by Crippen LogP contribution is -2.33. The Balaban J connectivity index is 1.39. The molecule has 0 radical (unpaired) electrons. The van der Waals surface area contributed by atoms with Crippen LogP contribution < -0.4 is 5.32 Å². The molecule has 1 aliphatic heterocycles. The van der Waals surface area contributed by atoms with Crippen molar-refractivity contribution in [2.24, 2.45) is 0 Å². The highest BCUT2D eigenvalue weighted by Gasteiger charge is 2.19. The summed E-state index contributed by atoms with van der Waals surface area (Å²) in [6, 6.07) is 12.1. The highest BCUT2D eigenvalue weighted by molar-refractivity contribution is 5.33. The maximum Gasteiger partial charge on any atom is 0.126 e.